The molecule has 272 valence electrons. The number of halogens is 1. The predicted molar refractivity (Wildman–Crippen MR) is 172 cm³/mol. The molecule has 49 heavy (non-hydrogen) atoms. The van der Waals surface area contributed by atoms with Crippen LogP contribution in [-0.4, -0.2) is 125 Å². The van der Waals surface area contributed by atoms with Gasteiger partial charge in [0.1, 0.15) is 49.0 Å². The Bertz CT molecular complexity index is 1400. The fourth-order valence-electron chi connectivity index (χ4n) is 6.49. The second kappa shape index (κ2) is 16.1. The molecule has 16 heteroatoms. The van der Waals surface area contributed by atoms with Gasteiger partial charge in [-0.15, -0.1) is 0 Å². The third-order valence-electron chi connectivity index (χ3n) is 9.56. The summed E-state index contributed by atoms with van der Waals surface area (Å²) in [5.41, 5.74) is 32.0. The molecule has 2 aromatic carbocycles. The van der Waals surface area contributed by atoms with E-state index in [2.05, 4.69) is 0 Å². The second-order valence-electron chi connectivity index (χ2n) is 13.1. The highest BCUT2D eigenvalue weighted by atomic mass is 19.1. The third-order valence-corrected chi connectivity index (χ3v) is 9.56. The number of aliphatic hydroxyl groups is 4. The van der Waals surface area contributed by atoms with Crippen LogP contribution in [0.15, 0.2) is 48.5 Å². The van der Waals surface area contributed by atoms with Crippen LogP contribution in [0.3, 0.4) is 0 Å². The molecule has 2 aliphatic heterocycles. The van der Waals surface area contributed by atoms with Crippen LogP contribution in [0.4, 0.5) is 4.39 Å². The van der Waals surface area contributed by atoms with Gasteiger partial charge in [-0.3, -0.25) is 4.79 Å². The van der Waals surface area contributed by atoms with Crippen LogP contribution >= 0.6 is 0 Å². The van der Waals surface area contributed by atoms with Gasteiger partial charge < -0.3 is 72.8 Å². The van der Waals surface area contributed by atoms with Crippen molar-refractivity contribution in [3.8, 4) is 11.1 Å². The molecule has 3 aliphatic rings. The van der Waals surface area contributed by atoms with Crippen molar-refractivity contribution in [1.29, 1.82) is 0 Å². The Morgan fingerprint density at radius 2 is 1.49 bits per heavy atom. The van der Waals surface area contributed by atoms with Crippen molar-refractivity contribution in [2.75, 3.05) is 13.2 Å². The molecule has 14 N–H and O–H groups in total. The van der Waals surface area contributed by atoms with Crippen LogP contribution in [0.25, 0.3) is 11.1 Å². The maximum absolute atomic E-state index is 15.0. The average molecular weight is 694 g/mol. The SMILES string of the molecule is CC(C(=O)OC[C@H]1O[C@H](O[C@@H]2[C@@H](O)[C@H](O[C@H]3O[C@H](CN)[C@@H](O)C[C@H]3N)[C@@H](N)C[C@H]2N)[C@H](O)[C@@H](N)[C@@H]1O)c1ccc(-c2ccccc2)c(F)c1. The van der Waals surface area contributed by atoms with Gasteiger partial charge in [0.2, 0.25) is 0 Å². The number of hydrogen-bond acceptors (Lipinski definition) is 15. The molecule has 0 spiro atoms. The first-order chi connectivity index (χ1) is 23.3. The van der Waals surface area contributed by atoms with Crippen molar-refractivity contribution < 1.29 is 53.3 Å². The molecule has 1 saturated carbocycles. The number of nitrogens with two attached hydrogens (primary N) is 5. The largest absolute Gasteiger partial charge is 0.462 e. The quantitative estimate of drug-likeness (QED) is 0.120. The lowest BCUT2D eigenvalue weighted by Crippen LogP contribution is -2.68. The molecule has 0 amide bonds. The van der Waals surface area contributed by atoms with Gasteiger partial charge in [0.05, 0.1) is 30.2 Å². The second-order valence-corrected chi connectivity index (χ2v) is 13.1. The molecule has 3 fully saturated rings. The lowest BCUT2D eigenvalue weighted by atomic mass is 9.84. The molecule has 5 rings (SSSR count). The number of aliphatic hydroxyl groups excluding tert-OH is 4. The molecule has 2 saturated heterocycles. The fraction of sp³-hybridized carbons (Fsp3) is 0.606. The highest BCUT2D eigenvalue weighted by Crippen LogP contribution is 2.32. The molecule has 0 radical (unpaired) electrons. The monoisotopic (exact) mass is 693 g/mol. The van der Waals surface area contributed by atoms with Crippen molar-refractivity contribution in [3.63, 3.8) is 0 Å². The summed E-state index contributed by atoms with van der Waals surface area (Å²) in [5.74, 6) is -2.09. The molecular weight excluding hydrogens is 645 g/mol. The van der Waals surface area contributed by atoms with Crippen molar-refractivity contribution in [3.05, 3.63) is 59.9 Å². The fourth-order valence-corrected chi connectivity index (χ4v) is 6.49. The topological polar surface area (TPSA) is 274 Å². The first-order valence-corrected chi connectivity index (χ1v) is 16.4. The predicted octanol–water partition coefficient (Wildman–Crippen LogP) is -2.14. The number of hydrogen-bond donors (Lipinski definition) is 9. The zero-order valence-corrected chi connectivity index (χ0v) is 27.1. The van der Waals surface area contributed by atoms with Crippen LogP contribution in [0, 0.1) is 5.82 Å². The highest BCUT2D eigenvalue weighted by Gasteiger charge is 2.50. The number of benzene rings is 2. The zero-order valence-electron chi connectivity index (χ0n) is 27.1. The molecule has 0 bridgehead atoms. The lowest BCUT2D eigenvalue weighted by Gasteiger charge is -2.47. The van der Waals surface area contributed by atoms with E-state index < -0.39 is 110 Å². The molecule has 2 aromatic rings. The van der Waals surface area contributed by atoms with Gasteiger partial charge in [-0.25, -0.2) is 4.39 Å². The zero-order chi connectivity index (χ0) is 35.6. The molecule has 2 heterocycles. The lowest BCUT2D eigenvalue weighted by molar-refractivity contribution is -0.315. The Morgan fingerprint density at radius 1 is 0.857 bits per heavy atom. The molecule has 15 nitrogen and oxygen atoms in total. The maximum atomic E-state index is 15.0. The Morgan fingerprint density at radius 3 is 2.12 bits per heavy atom. The van der Waals surface area contributed by atoms with E-state index in [0.717, 1.165) is 0 Å². The van der Waals surface area contributed by atoms with Crippen molar-refractivity contribution >= 4 is 5.97 Å². The van der Waals surface area contributed by atoms with Crippen molar-refractivity contribution in [2.45, 2.75) is 111 Å². The van der Waals surface area contributed by atoms with Crippen LogP contribution in [-0.2, 0) is 28.5 Å². The maximum Gasteiger partial charge on any atom is 0.313 e. The summed E-state index contributed by atoms with van der Waals surface area (Å²) < 4.78 is 43.9. The summed E-state index contributed by atoms with van der Waals surface area (Å²) >= 11 is 0. The first-order valence-electron chi connectivity index (χ1n) is 16.4. The van der Waals surface area contributed by atoms with Crippen molar-refractivity contribution in [1.82, 2.24) is 0 Å². The van der Waals surface area contributed by atoms with E-state index in [1.54, 1.807) is 43.3 Å². The summed E-state index contributed by atoms with van der Waals surface area (Å²) in [5, 5.41) is 43.1. The smallest absolute Gasteiger partial charge is 0.313 e. The number of esters is 1. The Hall–Kier alpha value is -2.68. The average Bonchev–Trinajstić information content (AvgIpc) is 3.08. The Kier molecular flexibility index (Phi) is 12.4. The van der Waals surface area contributed by atoms with E-state index in [-0.39, 0.29) is 19.4 Å². The number of carbonyl (C=O) groups excluding carboxylic acids is 1. The van der Waals surface area contributed by atoms with E-state index in [4.69, 9.17) is 52.4 Å². The van der Waals surface area contributed by atoms with Gasteiger partial charge in [0, 0.05) is 24.2 Å². The normalized spacial score (nSPS) is 38.9. The Balaban J connectivity index is 1.21. The standard InChI is InChI=1S/C33H48FN5O10/c1-14(16-7-8-17(18(34)9-16)15-5-3-2-4-6-15)31(44)45-13-24-26(41)25(39)27(42)33(47-24)49-30-20(37)10-19(36)29(28(30)43)48-32-21(38)11-22(40)23(12-35)46-32/h2-9,14,19-30,32-33,40-43H,10-13,35-39H2,1H3/t14?,19-,20+,21+,22-,23+,24+,25-,26+,27+,28-,29+,30-,32+,33+/m0/s1. The molecule has 15 atom stereocenters. The summed E-state index contributed by atoms with van der Waals surface area (Å²) in [7, 11) is 0. The van der Waals surface area contributed by atoms with Gasteiger partial charge in [0.25, 0.3) is 0 Å². The minimum absolute atomic E-state index is 0.0163. The van der Waals surface area contributed by atoms with E-state index in [1.807, 2.05) is 6.07 Å². The summed E-state index contributed by atoms with van der Waals surface area (Å²) in [4.78, 5) is 13.0. The van der Waals surface area contributed by atoms with Crippen LogP contribution in [0.2, 0.25) is 0 Å². The van der Waals surface area contributed by atoms with Gasteiger partial charge in [-0.1, -0.05) is 42.5 Å². The van der Waals surface area contributed by atoms with Gasteiger partial charge >= 0.3 is 5.97 Å². The van der Waals surface area contributed by atoms with Crippen LogP contribution in [0.1, 0.15) is 31.2 Å². The summed E-state index contributed by atoms with van der Waals surface area (Å²) in [6.45, 7) is 1.09. The number of ether oxygens (including phenoxy) is 5. The molecule has 1 unspecified atom stereocenters. The minimum Gasteiger partial charge on any atom is -0.462 e. The molecular formula is C33H48FN5O10. The summed E-state index contributed by atoms with van der Waals surface area (Å²) in [6.07, 6.45) is -11.9. The van der Waals surface area contributed by atoms with Crippen molar-refractivity contribution in [2.24, 2.45) is 28.7 Å². The third kappa shape index (κ3) is 8.28. The van der Waals surface area contributed by atoms with E-state index in [0.29, 0.717) is 16.7 Å². The first kappa shape index (κ1) is 37.6. The van der Waals surface area contributed by atoms with E-state index >= 15 is 0 Å². The minimum atomic E-state index is -1.57. The van der Waals surface area contributed by atoms with E-state index in [1.165, 1.54) is 6.07 Å². The number of rotatable bonds is 10. The van der Waals surface area contributed by atoms with Gasteiger partial charge in [-0.2, -0.15) is 0 Å². The molecule has 1 aliphatic carbocycles. The number of carbonyl (C=O) groups is 1. The van der Waals surface area contributed by atoms with Crippen LogP contribution < -0.4 is 28.7 Å². The van der Waals surface area contributed by atoms with Gasteiger partial charge in [0.15, 0.2) is 12.6 Å². The van der Waals surface area contributed by atoms with Gasteiger partial charge in [-0.05, 0) is 37.0 Å². The molecule has 0 aromatic heterocycles. The highest BCUT2D eigenvalue weighted by molar-refractivity contribution is 5.78. The Labute approximate surface area is 283 Å². The van der Waals surface area contributed by atoms with Crippen LogP contribution in [0.5, 0.6) is 0 Å². The summed E-state index contributed by atoms with van der Waals surface area (Å²) in [6, 6.07) is 9.84. The van der Waals surface area contributed by atoms with E-state index in [9.17, 15) is 29.6 Å².